The molecule has 5 heteroatoms. The van der Waals surface area contributed by atoms with Gasteiger partial charge in [0.25, 0.3) is 5.91 Å². The van der Waals surface area contributed by atoms with Crippen molar-refractivity contribution < 1.29 is 9.59 Å². The van der Waals surface area contributed by atoms with Crippen molar-refractivity contribution in [2.75, 3.05) is 11.9 Å². The molecule has 136 valence electrons. The van der Waals surface area contributed by atoms with Gasteiger partial charge in [0.2, 0.25) is 5.91 Å². The van der Waals surface area contributed by atoms with Crippen LogP contribution < -0.4 is 16.0 Å². The van der Waals surface area contributed by atoms with Crippen molar-refractivity contribution in [3.63, 3.8) is 0 Å². The molecule has 0 unspecified atom stereocenters. The van der Waals surface area contributed by atoms with Crippen LogP contribution in [0.25, 0.3) is 0 Å². The number of carbonyl (C=O) groups is 2. The van der Waals surface area contributed by atoms with Crippen LogP contribution in [0, 0.1) is 13.8 Å². The first-order valence-corrected chi connectivity index (χ1v) is 8.99. The summed E-state index contributed by atoms with van der Waals surface area (Å²) in [6.45, 7) is 4.66. The lowest BCUT2D eigenvalue weighted by atomic mass is 10.1. The smallest absolute Gasteiger partial charge is 0.251 e. The van der Waals surface area contributed by atoms with Gasteiger partial charge in [-0.1, -0.05) is 30.3 Å². The molecule has 0 saturated heterocycles. The van der Waals surface area contributed by atoms with Crippen LogP contribution in [0.5, 0.6) is 0 Å². The molecule has 0 heterocycles. The molecule has 0 radical (unpaired) electrons. The minimum atomic E-state index is -0.0829. The monoisotopic (exact) mass is 351 g/mol. The van der Waals surface area contributed by atoms with Crippen molar-refractivity contribution in [3.8, 4) is 0 Å². The zero-order valence-corrected chi connectivity index (χ0v) is 15.3. The lowest BCUT2D eigenvalue weighted by Crippen LogP contribution is -2.30. The third-order valence-corrected chi connectivity index (χ3v) is 4.59. The van der Waals surface area contributed by atoms with Gasteiger partial charge >= 0.3 is 0 Å². The van der Waals surface area contributed by atoms with Crippen molar-refractivity contribution in [3.05, 3.63) is 64.7 Å². The van der Waals surface area contributed by atoms with Crippen LogP contribution in [-0.4, -0.2) is 24.4 Å². The van der Waals surface area contributed by atoms with E-state index in [-0.39, 0.29) is 18.4 Å². The first kappa shape index (κ1) is 18.0. The number of aryl methyl sites for hydroxylation is 2. The molecular weight excluding hydrogens is 326 g/mol. The molecule has 0 bridgehead atoms. The van der Waals surface area contributed by atoms with E-state index >= 15 is 0 Å². The highest BCUT2D eigenvalue weighted by Crippen LogP contribution is 2.21. The van der Waals surface area contributed by atoms with Gasteiger partial charge in [-0.25, -0.2) is 0 Å². The van der Waals surface area contributed by atoms with Crippen LogP contribution in [0.15, 0.2) is 42.5 Å². The van der Waals surface area contributed by atoms with Gasteiger partial charge in [0.05, 0.1) is 6.54 Å². The standard InChI is InChI=1S/C21H25N3O2/c1-14-5-3-4-6-17(14)12-23-20(25)13-22-19-11-16(8-7-15(19)2)21(26)24-18-9-10-18/h3-8,11,18,22H,9-10,12-13H2,1-2H3,(H,23,25)(H,24,26). The summed E-state index contributed by atoms with van der Waals surface area (Å²) in [5.74, 6) is -0.139. The number of hydrogen-bond acceptors (Lipinski definition) is 3. The second kappa shape index (κ2) is 8.04. The Hall–Kier alpha value is -2.82. The summed E-state index contributed by atoms with van der Waals surface area (Å²) in [6, 6.07) is 13.8. The Morgan fingerprint density at radius 2 is 1.81 bits per heavy atom. The number of hydrogen-bond donors (Lipinski definition) is 3. The number of nitrogens with one attached hydrogen (secondary N) is 3. The van der Waals surface area contributed by atoms with E-state index in [1.165, 1.54) is 0 Å². The first-order valence-electron chi connectivity index (χ1n) is 8.99. The van der Waals surface area contributed by atoms with E-state index in [0.717, 1.165) is 35.2 Å². The van der Waals surface area contributed by atoms with Crippen molar-refractivity contribution in [1.82, 2.24) is 10.6 Å². The molecule has 0 aliphatic heterocycles. The third kappa shape index (κ3) is 4.85. The fourth-order valence-corrected chi connectivity index (χ4v) is 2.69. The number of benzene rings is 2. The van der Waals surface area contributed by atoms with Crippen LogP contribution in [-0.2, 0) is 11.3 Å². The van der Waals surface area contributed by atoms with Crippen molar-refractivity contribution >= 4 is 17.5 Å². The zero-order valence-electron chi connectivity index (χ0n) is 15.3. The summed E-state index contributed by atoms with van der Waals surface area (Å²) in [7, 11) is 0. The average Bonchev–Trinajstić information content (AvgIpc) is 3.44. The molecule has 2 aromatic carbocycles. The maximum Gasteiger partial charge on any atom is 0.251 e. The topological polar surface area (TPSA) is 70.2 Å². The minimum absolute atomic E-state index is 0.0560. The maximum absolute atomic E-state index is 12.2. The molecule has 3 N–H and O–H groups in total. The van der Waals surface area contributed by atoms with Crippen LogP contribution in [0.1, 0.15) is 39.9 Å². The summed E-state index contributed by atoms with van der Waals surface area (Å²) in [4.78, 5) is 24.3. The molecule has 1 aliphatic rings. The highest BCUT2D eigenvalue weighted by atomic mass is 16.2. The normalized spacial score (nSPS) is 13.2. The van der Waals surface area contributed by atoms with Crippen LogP contribution in [0.2, 0.25) is 0 Å². The summed E-state index contributed by atoms with van der Waals surface area (Å²) in [5.41, 5.74) is 4.69. The van der Waals surface area contributed by atoms with Crippen LogP contribution >= 0.6 is 0 Å². The van der Waals surface area contributed by atoms with E-state index in [0.29, 0.717) is 18.2 Å². The summed E-state index contributed by atoms with van der Waals surface area (Å²) in [5, 5.41) is 9.04. The van der Waals surface area contributed by atoms with Gasteiger partial charge in [0, 0.05) is 23.8 Å². The van der Waals surface area contributed by atoms with E-state index in [2.05, 4.69) is 16.0 Å². The molecule has 2 amide bonds. The second-order valence-corrected chi connectivity index (χ2v) is 6.83. The summed E-state index contributed by atoms with van der Waals surface area (Å²) < 4.78 is 0. The average molecular weight is 351 g/mol. The lowest BCUT2D eigenvalue weighted by molar-refractivity contribution is -0.119. The van der Waals surface area contributed by atoms with Crippen LogP contribution in [0.4, 0.5) is 5.69 Å². The van der Waals surface area contributed by atoms with Gasteiger partial charge in [-0.15, -0.1) is 0 Å². The molecule has 26 heavy (non-hydrogen) atoms. The predicted octanol–water partition coefficient (Wildman–Crippen LogP) is 2.92. The molecule has 1 fully saturated rings. The Bertz CT molecular complexity index is 813. The number of anilines is 1. The molecule has 3 rings (SSSR count). The Morgan fingerprint density at radius 1 is 1.04 bits per heavy atom. The van der Waals surface area contributed by atoms with E-state index in [9.17, 15) is 9.59 Å². The van der Waals surface area contributed by atoms with E-state index in [1.54, 1.807) is 0 Å². The highest BCUT2D eigenvalue weighted by molar-refractivity contribution is 5.96. The third-order valence-electron chi connectivity index (χ3n) is 4.59. The van der Waals surface area contributed by atoms with Crippen LogP contribution in [0.3, 0.4) is 0 Å². The Balaban J connectivity index is 1.54. The molecule has 1 saturated carbocycles. The van der Waals surface area contributed by atoms with Gasteiger partial charge in [0.1, 0.15) is 0 Å². The van der Waals surface area contributed by atoms with Crippen molar-refractivity contribution in [1.29, 1.82) is 0 Å². The first-order chi connectivity index (χ1) is 12.5. The molecule has 5 nitrogen and oxygen atoms in total. The largest absolute Gasteiger partial charge is 0.376 e. The quantitative estimate of drug-likeness (QED) is 0.718. The molecule has 0 spiro atoms. The number of carbonyl (C=O) groups excluding carboxylic acids is 2. The van der Waals surface area contributed by atoms with Gasteiger partial charge in [-0.3, -0.25) is 9.59 Å². The molecule has 1 aliphatic carbocycles. The Labute approximate surface area is 154 Å². The Kier molecular flexibility index (Phi) is 5.56. The van der Waals surface area contributed by atoms with Gasteiger partial charge in [-0.05, 0) is 55.5 Å². The highest BCUT2D eigenvalue weighted by Gasteiger charge is 2.23. The second-order valence-electron chi connectivity index (χ2n) is 6.83. The van der Waals surface area contributed by atoms with E-state index in [4.69, 9.17) is 0 Å². The zero-order chi connectivity index (χ0) is 18.5. The number of amides is 2. The number of rotatable bonds is 7. The fraction of sp³-hybridized carbons (Fsp3) is 0.333. The molecule has 2 aromatic rings. The minimum Gasteiger partial charge on any atom is -0.376 e. The summed E-state index contributed by atoms with van der Waals surface area (Å²) >= 11 is 0. The molecular formula is C21H25N3O2. The van der Waals surface area contributed by atoms with E-state index < -0.39 is 0 Å². The Morgan fingerprint density at radius 3 is 2.54 bits per heavy atom. The molecule has 0 aromatic heterocycles. The lowest BCUT2D eigenvalue weighted by Gasteiger charge is -2.12. The van der Waals surface area contributed by atoms with Gasteiger partial charge < -0.3 is 16.0 Å². The SMILES string of the molecule is Cc1ccccc1CNC(=O)CNc1cc(C(=O)NC2CC2)ccc1C. The van der Waals surface area contributed by atoms with Crippen molar-refractivity contribution in [2.24, 2.45) is 0 Å². The summed E-state index contributed by atoms with van der Waals surface area (Å²) in [6.07, 6.45) is 2.12. The predicted molar refractivity (Wildman–Crippen MR) is 103 cm³/mol. The maximum atomic E-state index is 12.2. The fourth-order valence-electron chi connectivity index (χ4n) is 2.69. The van der Waals surface area contributed by atoms with Crippen molar-refractivity contribution in [2.45, 2.75) is 39.3 Å². The van der Waals surface area contributed by atoms with Gasteiger partial charge in [0.15, 0.2) is 0 Å². The van der Waals surface area contributed by atoms with Gasteiger partial charge in [-0.2, -0.15) is 0 Å². The van der Waals surface area contributed by atoms with E-state index in [1.807, 2.05) is 56.3 Å². The molecule has 0 atom stereocenters.